The molecule has 1 amide bonds. The molecular weight excluding hydrogens is 367 g/mol. The van der Waals surface area contributed by atoms with E-state index in [-0.39, 0.29) is 11.9 Å². The first kappa shape index (κ1) is 17.4. The summed E-state index contributed by atoms with van der Waals surface area (Å²) >= 11 is 18.1. The Bertz CT molecular complexity index is 779. The summed E-state index contributed by atoms with van der Waals surface area (Å²) in [6.07, 6.45) is 2.07. The topological polar surface area (TPSA) is 32.3 Å². The van der Waals surface area contributed by atoms with Crippen molar-refractivity contribution in [3.05, 3.63) is 57.0 Å². The number of nitrogens with one attached hydrogen (secondary N) is 1. The van der Waals surface area contributed by atoms with Gasteiger partial charge in [-0.3, -0.25) is 4.79 Å². The van der Waals surface area contributed by atoms with Crippen molar-refractivity contribution in [2.45, 2.75) is 25.8 Å². The summed E-state index contributed by atoms with van der Waals surface area (Å²) < 4.78 is 0. The standard InChI is InChI=1S/C18H17Cl3N2O/c1-11(23-8-4-6-12-5-2-3-7-17(12)23)18(24)22-16-10-14(20)13(19)9-15(16)21/h2-3,5,7,9-11H,4,6,8H2,1H3,(H,22,24). The van der Waals surface area contributed by atoms with E-state index >= 15 is 0 Å². The lowest BCUT2D eigenvalue weighted by Gasteiger charge is -2.35. The van der Waals surface area contributed by atoms with Crippen LogP contribution in [0.5, 0.6) is 0 Å². The van der Waals surface area contributed by atoms with Gasteiger partial charge in [-0.2, -0.15) is 0 Å². The Hall–Kier alpha value is -1.42. The first-order chi connectivity index (χ1) is 11.5. The molecule has 0 bridgehead atoms. The van der Waals surface area contributed by atoms with Crippen LogP contribution in [0, 0.1) is 0 Å². The van der Waals surface area contributed by atoms with Gasteiger partial charge in [-0.25, -0.2) is 0 Å². The number of amides is 1. The first-order valence-electron chi connectivity index (χ1n) is 7.77. The number of nitrogens with zero attached hydrogens (tertiary/aromatic N) is 1. The number of carbonyl (C=O) groups is 1. The molecule has 0 aromatic heterocycles. The number of aryl methyl sites for hydroxylation is 1. The molecule has 1 N–H and O–H groups in total. The Kier molecular flexibility index (Phi) is 5.24. The molecule has 2 aromatic carbocycles. The van der Waals surface area contributed by atoms with Gasteiger partial charge in [0.25, 0.3) is 0 Å². The smallest absolute Gasteiger partial charge is 0.246 e. The van der Waals surface area contributed by atoms with Gasteiger partial charge in [0.2, 0.25) is 5.91 Å². The van der Waals surface area contributed by atoms with E-state index in [0.717, 1.165) is 25.1 Å². The highest BCUT2D eigenvalue weighted by molar-refractivity contribution is 6.44. The van der Waals surface area contributed by atoms with Gasteiger partial charge in [0.05, 0.1) is 20.8 Å². The Morgan fingerprint density at radius 1 is 1.12 bits per heavy atom. The molecule has 126 valence electrons. The summed E-state index contributed by atoms with van der Waals surface area (Å²) in [5.41, 5.74) is 2.86. The largest absolute Gasteiger partial charge is 0.360 e. The molecule has 1 aliphatic rings. The number of halogens is 3. The molecule has 1 aliphatic heterocycles. The number of hydrogen-bond donors (Lipinski definition) is 1. The fraction of sp³-hybridized carbons (Fsp3) is 0.278. The van der Waals surface area contributed by atoms with Crippen LogP contribution in [0.15, 0.2) is 36.4 Å². The van der Waals surface area contributed by atoms with Gasteiger partial charge in [0.1, 0.15) is 6.04 Å². The second-order valence-electron chi connectivity index (χ2n) is 5.84. The van der Waals surface area contributed by atoms with E-state index in [2.05, 4.69) is 22.3 Å². The molecular formula is C18H17Cl3N2O. The third-order valence-corrected chi connectivity index (χ3v) is 5.30. The summed E-state index contributed by atoms with van der Waals surface area (Å²) in [7, 11) is 0. The fourth-order valence-corrected chi connectivity index (χ4v) is 3.56. The minimum absolute atomic E-state index is 0.132. The number of rotatable bonds is 3. The Labute approximate surface area is 156 Å². The van der Waals surface area contributed by atoms with Gasteiger partial charge in [0, 0.05) is 12.2 Å². The molecule has 0 aliphatic carbocycles. The molecule has 2 aromatic rings. The van der Waals surface area contributed by atoms with Gasteiger partial charge < -0.3 is 10.2 Å². The van der Waals surface area contributed by atoms with Crippen molar-refractivity contribution in [3.8, 4) is 0 Å². The van der Waals surface area contributed by atoms with Crippen LogP contribution in [0.2, 0.25) is 15.1 Å². The van der Waals surface area contributed by atoms with E-state index in [1.54, 1.807) is 6.07 Å². The molecule has 3 nitrogen and oxygen atoms in total. The second kappa shape index (κ2) is 7.22. The summed E-state index contributed by atoms with van der Waals surface area (Å²) in [6, 6.07) is 11.0. The summed E-state index contributed by atoms with van der Waals surface area (Å²) in [6.45, 7) is 2.74. The van der Waals surface area contributed by atoms with Crippen molar-refractivity contribution in [1.29, 1.82) is 0 Å². The monoisotopic (exact) mass is 382 g/mol. The zero-order chi connectivity index (χ0) is 17.3. The average molecular weight is 384 g/mol. The van der Waals surface area contributed by atoms with E-state index < -0.39 is 0 Å². The zero-order valence-corrected chi connectivity index (χ0v) is 15.4. The molecule has 0 radical (unpaired) electrons. The SMILES string of the molecule is CC(C(=O)Nc1cc(Cl)c(Cl)cc1Cl)N1CCCc2ccccc21. The highest BCUT2D eigenvalue weighted by atomic mass is 35.5. The van der Waals surface area contributed by atoms with E-state index in [4.69, 9.17) is 34.8 Å². The zero-order valence-electron chi connectivity index (χ0n) is 13.2. The van der Waals surface area contributed by atoms with E-state index in [1.807, 2.05) is 19.1 Å². The van der Waals surface area contributed by atoms with Gasteiger partial charge in [-0.15, -0.1) is 0 Å². The Morgan fingerprint density at radius 2 is 1.83 bits per heavy atom. The van der Waals surface area contributed by atoms with Crippen molar-refractivity contribution in [2.75, 3.05) is 16.8 Å². The molecule has 24 heavy (non-hydrogen) atoms. The third kappa shape index (κ3) is 3.49. The molecule has 0 saturated heterocycles. The predicted molar refractivity (Wildman–Crippen MR) is 102 cm³/mol. The van der Waals surface area contributed by atoms with E-state index in [9.17, 15) is 4.79 Å². The van der Waals surface area contributed by atoms with Crippen molar-refractivity contribution in [3.63, 3.8) is 0 Å². The van der Waals surface area contributed by atoms with Gasteiger partial charge in [-0.1, -0.05) is 53.0 Å². The number of anilines is 2. The number of hydrogen-bond acceptors (Lipinski definition) is 2. The van der Waals surface area contributed by atoms with Gasteiger partial charge in [-0.05, 0) is 43.5 Å². The summed E-state index contributed by atoms with van der Waals surface area (Å²) in [4.78, 5) is 14.8. The molecule has 0 saturated carbocycles. The molecule has 1 atom stereocenters. The second-order valence-corrected chi connectivity index (χ2v) is 7.06. The molecule has 3 rings (SSSR count). The van der Waals surface area contributed by atoms with Crippen molar-refractivity contribution < 1.29 is 4.79 Å². The fourth-order valence-electron chi connectivity index (χ4n) is 2.96. The van der Waals surface area contributed by atoms with Crippen molar-refractivity contribution in [2.24, 2.45) is 0 Å². The van der Waals surface area contributed by atoms with Crippen LogP contribution in [0.25, 0.3) is 0 Å². The Balaban J connectivity index is 1.80. The molecule has 0 fully saturated rings. The molecule has 1 unspecified atom stereocenters. The van der Waals surface area contributed by atoms with Gasteiger partial charge in [0.15, 0.2) is 0 Å². The van der Waals surface area contributed by atoms with Gasteiger partial charge >= 0.3 is 0 Å². The van der Waals surface area contributed by atoms with E-state index in [1.165, 1.54) is 11.6 Å². The lowest BCUT2D eigenvalue weighted by molar-refractivity contribution is -0.117. The van der Waals surface area contributed by atoms with Crippen LogP contribution in [0.3, 0.4) is 0 Å². The molecule has 6 heteroatoms. The van der Waals surface area contributed by atoms with Crippen LogP contribution >= 0.6 is 34.8 Å². The third-order valence-electron chi connectivity index (χ3n) is 4.26. The van der Waals surface area contributed by atoms with Crippen LogP contribution in [-0.4, -0.2) is 18.5 Å². The lowest BCUT2D eigenvalue weighted by Crippen LogP contribution is -2.44. The maximum Gasteiger partial charge on any atom is 0.246 e. The van der Waals surface area contributed by atoms with Crippen molar-refractivity contribution >= 4 is 52.1 Å². The first-order valence-corrected chi connectivity index (χ1v) is 8.90. The molecule has 0 spiro atoms. The van der Waals surface area contributed by atoms with Crippen LogP contribution in [0.1, 0.15) is 18.9 Å². The lowest BCUT2D eigenvalue weighted by atomic mass is 10.00. The summed E-state index contributed by atoms with van der Waals surface area (Å²) in [5.74, 6) is -0.132. The van der Waals surface area contributed by atoms with Crippen LogP contribution in [0.4, 0.5) is 11.4 Å². The maximum atomic E-state index is 12.7. The molecule has 1 heterocycles. The average Bonchev–Trinajstić information content (AvgIpc) is 2.58. The highest BCUT2D eigenvalue weighted by Gasteiger charge is 2.26. The minimum atomic E-state index is -0.322. The number of fused-ring (bicyclic) bond motifs is 1. The summed E-state index contributed by atoms with van der Waals surface area (Å²) in [5, 5.41) is 3.93. The normalized spacial score (nSPS) is 14.9. The quantitative estimate of drug-likeness (QED) is 0.717. The minimum Gasteiger partial charge on any atom is -0.360 e. The maximum absolute atomic E-state index is 12.7. The number of carbonyl (C=O) groups excluding carboxylic acids is 1. The number of para-hydroxylation sites is 1. The van der Waals surface area contributed by atoms with Crippen LogP contribution < -0.4 is 10.2 Å². The van der Waals surface area contributed by atoms with Crippen LogP contribution in [-0.2, 0) is 11.2 Å². The van der Waals surface area contributed by atoms with Crippen molar-refractivity contribution in [1.82, 2.24) is 0 Å². The van der Waals surface area contributed by atoms with E-state index in [0.29, 0.717) is 20.8 Å². The number of benzene rings is 2. The Morgan fingerprint density at radius 3 is 2.62 bits per heavy atom. The predicted octanol–water partition coefficient (Wildman–Crippen LogP) is 5.43. The highest BCUT2D eigenvalue weighted by Crippen LogP contribution is 2.33.